The maximum absolute atomic E-state index is 12.2. The molecule has 5 heteroatoms. The molecule has 114 valence electrons. The van der Waals surface area contributed by atoms with Crippen LogP contribution in [-0.2, 0) is 16.1 Å². The highest BCUT2D eigenvalue weighted by molar-refractivity contribution is 9.10. The highest BCUT2D eigenvalue weighted by atomic mass is 79.9. The molecule has 3 rings (SSSR count). The number of nitrogens with zero attached hydrogens (tertiary/aromatic N) is 2. The number of fused-ring (bicyclic) bond motifs is 1. The average molecular weight is 361 g/mol. The molecular weight excluding hydrogens is 344 g/mol. The molecule has 0 saturated carbocycles. The maximum Gasteiger partial charge on any atom is 0.245 e. The minimum atomic E-state index is -0.0510. The van der Waals surface area contributed by atoms with E-state index < -0.39 is 0 Å². The molecule has 2 aromatic rings. The van der Waals surface area contributed by atoms with Crippen LogP contribution in [0.1, 0.15) is 6.42 Å². The predicted molar refractivity (Wildman–Crippen MR) is 89.5 cm³/mol. The van der Waals surface area contributed by atoms with Gasteiger partial charge in [0.15, 0.2) is 5.78 Å². The van der Waals surface area contributed by atoms with Gasteiger partial charge in [0.25, 0.3) is 0 Å². The number of halogens is 1. The first-order valence-corrected chi connectivity index (χ1v) is 8.03. The zero-order valence-electron chi connectivity index (χ0n) is 12.2. The second-order valence-corrected chi connectivity index (χ2v) is 6.62. The Bertz CT molecular complexity index is 744. The van der Waals surface area contributed by atoms with Gasteiger partial charge in [0.05, 0.1) is 6.54 Å². The van der Waals surface area contributed by atoms with Gasteiger partial charge in [0.2, 0.25) is 5.91 Å². The van der Waals surface area contributed by atoms with Crippen molar-refractivity contribution >= 4 is 38.5 Å². The first-order valence-electron chi connectivity index (χ1n) is 7.24. The molecule has 1 aromatic carbocycles. The van der Waals surface area contributed by atoms with Crippen molar-refractivity contribution in [2.45, 2.75) is 13.0 Å². The van der Waals surface area contributed by atoms with Crippen molar-refractivity contribution in [1.82, 2.24) is 9.47 Å². The van der Waals surface area contributed by atoms with E-state index in [0.29, 0.717) is 26.1 Å². The standard InChI is InChI=1S/C17H17BrN2O2/c1-2-17(22)20-9-12(10-20)7-15(21)11-19-6-5-13-3-4-14(18)8-16(13)19/h2-6,8,12H,1,7,9-11H2. The monoisotopic (exact) mass is 360 g/mol. The molecule has 0 unspecified atom stereocenters. The lowest BCUT2D eigenvalue weighted by molar-refractivity contribution is -0.134. The number of likely N-dealkylation sites (tertiary alicyclic amines) is 1. The summed E-state index contributed by atoms with van der Waals surface area (Å²) in [6.07, 6.45) is 3.79. The molecule has 22 heavy (non-hydrogen) atoms. The van der Waals surface area contributed by atoms with Gasteiger partial charge in [-0.1, -0.05) is 28.6 Å². The van der Waals surface area contributed by atoms with Crippen molar-refractivity contribution in [2.24, 2.45) is 5.92 Å². The quantitative estimate of drug-likeness (QED) is 0.769. The van der Waals surface area contributed by atoms with Crippen LogP contribution >= 0.6 is 15.9 Å². The molecule has 0 N–H and O–H groups in total. The van der Waals surface area contributed by atoms with Crippen molar-refractivity contribution in [3.8, 4) is 0 Å². The number of ketones is 1. The third-order valence-corrected chi connectivity index (χ3v) is 4.54. The summed E-state index contributed by atoms with van der Waals surface area (Å²) in [6.45, 7) is 5.17. The minimum absolute atomic E-state index is 0.0510. The van der Waals surface area contributed by atoms with E-state index in [9.17, 15) is 9.59 Å². The summed E-state index contributed by atoms with van der Waals surface area (Å²) < 4.78 is 2.98. The first-order chi connectivity index (χ1) is 10.6. The molecule has 0 spiro atoms. The number of carbonyl (C=O) groups excluding carboxylic acids is 2. The lowest BCUT2D eigenvalue weighted by Gasteiger charge is -2.38. The maximum atomic E-state index is 12.2. The van der Waals surface area contributed by atoms with Crippen LogP contribution in [-0.4, -0.2) is 34.2 Å². The van der Waals surface area contributed by atoms with Gasteiger partial charge in [-0.05, 0) is 29.7 Å². The Hall–Kier alpha value is -1.88. The van der Waals surface area contributed by atoms with Crippen molar-refractivity contribution in [3.05, 3.63) is 47.6 Å². The van der Waals surface area contributed by atoms with Gasteiger partial charge in [-0.15, -0.1) is 0 Å². The third kappa shape index (κ3) is 2.99. The molecule has 0 radical (unpaired) electrons. The van der Waals surface area contributed by atoms with Crippen LogP contribution in [0.4, 0.5) is 0 Å². The molecule has 1 amide bonds. The van der Waals surface area contributed by atoms with Crippen molar-refractivity contribution in [3.63, 3.8) is 0 Å². The van der Waals surface area contributed by atoms with Crippen molar-refractivity contribution < 1.29 is 9.59 Å². The molecule has 1 aromatic heterocycles. The number of carbonyl (C=O) groups is 2. The Morgan fingerprint density at radius 1 is 1.32 bits per heavy atom. The Morgan fingerprint density at radius 3 is 2.82 bits per heavy atom. The van der Waals surface area contributed by atoms with Gasteiger partial charge in [-0.25, -0.2) is 0 Å². The predicted octanol–water partition coefficient (Wildman–Crippen LogP) is 3.01. The van der Waals surface area contributed by atoms with E-state index in [-0.39, 0.29) is 17.6 Å². The van der Waals surface area contributed by atoms with Gasteiger partial charge in [-0.2, -0.15) is 0 Å². The van der Waals surface area contributed by atoms with E-state index in [1.54, 1.807) is 4.90 Å². The third-order valence-electron chi connectivity index (χ3n) is 4.04. The number of rotatable bonds is 5. The molecule has 0 bridgehead atoms. The van der Waals surface area contributed by atoms with E-state index in [1.165, 1.54) is 6.08 Å². The normalized spacial score (nSPS) is 14.9. The van der Waals surface area contributed by atoms with Crippen LogP contribution in [0.2, 0.25) is 0 Å². The molecule has 1 aliphatic rings. The lowest BCUT2D eigenvalue weighted by atomic mass is 9.94. The number of aromatic nitrogens is 1. The minimum Gasteiger partial charge on any atom is -0.340 e. The molecular formula is C17H17BrN2O2. The van der Waals surface area contributed by atoms with Gasteiger partial charge in [-0.3, -0.25) is 9.59 Å². The number of hydrogen-bond donors (Lipinski definition) is 0. The van der Waals surface area contributed by atoms with Crippen LogP contribution < -0.4 is 0 Å². The fourth-order valence-electron chi connectivity index (χ4n) is 2.88. The SMILES string of the molecule is C=CC(=O)N1CC(CC(=O)Cn2ccc3ccc(Br)cc32)C1. The first kappa shape index (κ1) is 15.0. The summed E-state index contributed by atoms with van der Waals surface area (Å²) in [7, 11) is 0. The topological polar surface area (TPSA) is 42.3 Å². The molecule has 2 heterocycles. The van der Waals surface area contributed by atoms with Crippen molar-refractivity contribution in [1.29, 1.82) is 0 Å². The van der Waals surface area contributed by atoms with Crippen LogP contribution in [0.25, 0.3) is 10.9 Å². The van der Waals surface area contributed by atoms with Gasteiger partial charge in [0, 0.05) is 41.6 Å². The summed E-state index contributed by atoms with van der Waals surface area (Å²) in [5.41, 5.74) is 1.06. The molecule has 1 aliphatic heterocycles. The zero-order chi connectivity index (χ0) is 15.7. The zero-order valence-corrected chi connectivity index (χ0v) is 13.8. The lowest BCUT2D eigenvalue weighted by Crippen LogP contribution is -2.50. The summed E-state index contributed by atoms with van der Waals surface area (Å²) >= 11 is 3.46. The highest BCUT2D eigenvalue weighted by Gasteiger charge is 2.30. The number of amides is 1. The Kier molecular flexibility index (Phi) is 4.16. The fourth-order valence-corrected chi connectivity index (χ4v) is 3.23. The van der Waals surface area contributed by atoms with Crippen LogP contribution in [0.3, 0.4) is 0 Å². The van der Waals surface area contributed by atoms with Crippen LogP contribution in [0.15, 0.2) is 47.6 Å². The van der Waals surface area contributed by atoms with E-state index in [1.807, 2.05) is 35.0 Å². The average Bonchev–Trinajstić information content (AvgIpc) is 2.84. The number of Topliss-reactive ketones (excluding diaryl/α,β-unsaturated/α-hetero) is 1. The van der Waals surface area contributed by atoms with Gasteiger partial charge >= 0.3 is 0 Å². The summed E-state index contributed by atoms with van der Waals surface area (Å²) in [5, 5.41) is 1.13. The van der Waals surface area contributed by atoms with Gasteiger partial charge in [0.1, 0.15) is 0 Å². The molecule has 0 aliphatic carbocycles. The van der Waals surface area contributed by atoms with E-state index in [2.05, 4.69) is 22.5 Å². The summed E-state index contributed by atoms with van der Waals surface area (Å²) in [4.78, 5) is 25.3. The van der Waals surface area contributed by atoms with Crippen LogP contribution in [0, 0.1) is 5.92 Å². The second kappa shape index (κ2) is 6.08. The van der Waals surface area contributed by atoms with E-state index in [0.717, 1.165) is 15.4 Å². The second-order valence-electron chi connectivity index (χ2n) is 5.70. The smallest absolute Gasteiger partial charge is 0.245 e. The highest BCUT2D eigenvalue weighted by Crippen LogP contribution is 2.23. The molecule has 4 nitrogen and oxygen atoms in total. The Balaban J connectivity index is 1.59. The van der Waals surface area contributed by atoms with Crippen molar-refractivity contribution in [2.75, 3.05) is 13.1 Å². The van der Waals surface area contributed by atoms with E-state index >= 15 is 0 Å². The fraction of sp³-hybridized carbons (Fsp3) is 0.294. The number of benzene rings is 1. The van der Waals surface area contributed by atoms with Crippen LogP contribution in [0.5, 0.6) is 0 Å². The summed E-state index contributed by atoms with van der Waals surface area (Å²) in [5.74, 6) is 0.433. The molecule has 0 atom stereocenters. The number of hydrogen-bond acceptors (Lipinski definition) is 2. The summed E-state index contributed by atoms with van der Waals surface area (Å²) in [6, 6.07) is 8.07. The molecule has 1 saturated heterocycles. The van der Waals surface area contributed by atoms with Gasteiger partial charge < -0.3 is 9.47 Å². The largest absolute Gasteiger partial charge is 0.340 e. The van der Waals surface area contributed by atoms with E-state index in [4.69, 9.17) is 0 Å². The Labute approximate surface area is 137 Å². The molecule has 1 fully saturated rings. The Morgan fingerprint density at radius 2 is 2.09 bits per heavy atom.